The molecule has 0 bridgehead atoms. The second kappa shape index (κ2) is 5.15. The Morgan fingerprint density at radius 3 is 2.72 bits per heavy atom. The van der Waals surface area contributed by atoms with E-state index < -0.39 is 0 Å². The molecule has 0 unspecified atom stereocenters. The predicted molar refractivity (Wildman–Crippen MR) is 80.2 cm³/mol. The minimum Gasteiger partial charge on any atom is -0.384 e. The van der Waals surface area contributed by atoms with E-state index >= 15 is 0 Å². The monoisotopic (exact) mass is 301 g/mol. The van der Waals surface area contributed by atoms with E-state index in [0.29, 0.717) is 0 Å². The van der Waals surface area contributed by atoms with Crippen LogP contribution in [-0.4, -0.2) is 6.54 Å². The van der Waals surface area contributed by atoms with Crippen molar-refractivity contribution in [2.24, 2.45) is 0 Å². The summed E-state index contributed by atoms with van der Waals surface area (Å²) in [5.41, 5.74) is 5.49. The van der Waals surface area contributed by atoms with Gasteiger partial charge in [-0.3, -0.25) is 0 Å². The van der Waals surface area contributed by atoms with Crippen LogP contribution in [0.4, 0.5) is 5.69 Å². The van der Waals surface area contributed by atoms with Gasteiger partial charge in [-0.25, -0.2) is 0 Å². The van der Waals surface area contributed by atoms with Crippen LogP contribution in [0, 0.1) is 0 Å². The van der Waals surface area contributed by atoms with Crippen molar-refractivity contribution in [2.75, 3.05) is 11.9 Å². The molecule has 0 radical (unpaired) electrons. The van der Waals surface area contributed by atoms with Crippen LogP contribution in [0.3, 0.4) is 0 Å². The van der Waals surface area contributed by atoms with Crippen LogP contribution in [0.25, 0.3) is 0 Å². The summed E-state index contributed by atoms with van der Waals surface area (Å²) in [7, 11) is 0. The number of rotatable bonds is 2. The van der Waals surface area contributed by atoms with Gasteiger partial charge in [0.1, 0.15) is 0 Å². The first-order chi connectivity index (χ1) is 8.83. The fourth-order valence-electron chi connectivity index (χ4n) is 2.55. The van der Waals surface area contributed by atoms with Gasteiger partial charge in [-0.05, 0) is 57.9 Å². The average Bonchev–Trinajstić information content (AvgIpc) is 2.40. The van der Waals surface area contributed by atoms with Crippen LogP contribution in [0.15, 0.2) is 46.9 Å². The lowest BCUT2D eigenvalue weighted by atomic mass is 9.97. The lowest BCUT2D eigenvalue weighted by Crippen LogP contribution is -2.12. The van der Waals surface area contributed by atoms with Gasteiger partial charge in [0.2, 0.25) is 0 Å². The van der Waals surface area contributed by atoms with E-state index in [-0.39, 0.29) is 0 Å². The average molecular weight is 302 g/mol. The highest BCUT2D eigenvalue weighted by Crippen LogP contribution is 2.32. The number of aryl methyl sites for hydroxylation is 1. The predicted octanol–water partition coefficient (Wildman–Crippen LogP) is 4.40. The number of nitrogens with one attached hydrogen (secondary N) is 1. The van der Waals surface area contributed by atoms with Crippen LogP contribution in [0.2, 0.25) is 0 Å². The molecule has 2 aromatic carbocycles. The maximum Gasteiger partial charge on any atom is 0.0517 e. The summed E-state index contributed by atoms with van der Waals surface area (Å²) < 4.78 is 1.20. The van der Waals surface area contributed by atoms with Crippen molar-refractivity contribution in [1.29, 1.82) is 0 Å². The largest absolute Gasteiger partial charge is 0.384 e. The molecular weight excluding hydrogens is 286 g/mol. The molecule has 1 nitrogen and oxygen atoms in total. The molecule has 1 aliphatic rings. The highest BCUT2D eigenvalue weighted by molar-refractivity contribution is 9.10. The summed E-state index contributed by atoms with van der Waals surface area (Å²) in [6.45, 7) is 1.09. The molecule has 1 heterocycles. The third kappa shape index (κ3) is 2.44. The molecule has 0 amide bonds. The molecule has 1 N–H and O–H groups in total. The van der Waals surface area contributed by atoms with E-state index in [1.807, 2.05) is 0 Å². The summed E-state index contributed by atoms with van der Waals surface area (Å²) in [5.74, 6) is 0. The van der Waals surface area contributed by atoms with E-state index in [0.717, 1.165) is 13.0 Å². The Balaban J connectivity index is 1.91. The van der Waals surface area contributed by atoms with Crippen LogP contribution < -0.4 is 5.32 Å². The molecule has 0 spiro atoms. The molecule has 0 aromatic heterocycles. The van der Waals surface area contributed by atoms with Gasteiger partial charge >= 0.3 is 0 Å². The van der Waals surface area contributed by atoms with Crippen molar-refractivity contribution < 1.29 is 0 Å². The van der Waals surface area contributed by atoms with Gasteiger partial charge in [0, 0.05) is 11.0 Å². The minimum atomic E-state index is 1.01. The number of hydrogen-bond acceptors (Lipinski definition) is 1. The molecule has 1 aliphatic heterocycles. The molecule has 0 aliphatic carbocycles. The van der Waals surface area contributed by atoms with E-state index in [2.05, 4.69) is 63.7 Å². The smallest absolute Gasteiger partial charge is 0.0517 e. The van der Waals surface area contributed by atoms with Crippen LogP contribution in [-0.2, 0) is 12.8 Å². The number of halogens is 1. The van der Waals surface area contributed by atoms with E-state index in [4.69, 9.17) is 0 Å². The molecule has 2 heteroatoms. The molecule has 0 fully saturated rings. The second-order valence-electron chi connectivity index (χ2n) is 4.80. The van der Waals surface area contributed by atoms with Crippen molar-refractivity contribution in [1.82, 2.24) is 0 Å². The van der Waals surface area contributed by atoms with Crippen LogP contribution >= 0.6 is 15.9 Å². The summed E-state index contributed by atoms with van der Waals surface area (Å²) in [4.78, 5) is 0. The van der Waals surface area contributed by atoms with Crippen molar-refractivity contribution in [3.8, 4) is 0 Å². The molecule has 3 rings (SSSR count). The lowest BCUT2D eigenvalue weighted by molar-refractivity contribution is 0.826. The third-order valence-corrected chi connectivity index (χ3v) is 4.03. The summed E-state index contributed by atoms with van der Waals surface area (Å²) in [6.07, 6.45) is 3.42. The SMILES string of the molecule is Brc1cc(Cc2ccccc2)cc2c1NCCC2. The second-order valence-corrected chi connectivity index (χ2v) is 5.66. The summed E-state index contributed by atoms with van der Waals surface area (Å²) >= 11 is 3.68. The Morgan fingerprint density at radius 2 is 1.89 bits per heavy atom. The Bertz CT molecular complexity index is 549. The van der Waals surface area contributed by atoms with Crippen molar-refractivity contribution in [3.63, 3.8) is 0 Å². The van der Waals surface area contributed by atoms with Crippen molar-refractivity contribution in [3.05, 3.63) is 63.6 Å². The fourth-order valence-corrected chi connectivity index (χ4v) is 3.24. The quantitative estimate of drug-likeness (QED) is 0.867. The van der Waals surface area contributed by atoms with Crippen molar-refractivity contribution in [2.45, 2.75) is 19.3 Å². The van der Waals surface area contributed by atoms with E-state index in [9.17, 15) is 0 Å². The minimum absolute atomic E-state index is 1.01. The van der Waals surface area contributed by atoms with Gasteiger partial charge in [0.15, 0.2) is 0 Å². The topological polar surface area (TPSA) is 12.0 Å². The Morgan fingerprint density at radius 1 is 1.06 bits per heavy atom. The molecule has 18 heavy (non-hydrogen) atoms. The first-order valence-electron chi connectivity index (χ1n) is 6.42. The zero-order chi connectivity index (χ0) is 12.4. The summed E-state index contributed by atoms with van der Waals surface area (Å²) in [6, 6.07) is 15.2. The number of fused-ring (bicyclic) bond motifs is 1. The highest BCUT2D eigenvalue weighted by Gasteiger charge is 2.13. The third-order valence-electron chi connectivity index (χ3n) is 3.41. The van der Waals surface area contributed by atoms with Gasteiger partial charge in [-0.2, -0.15) is 0 Å². The molecular formula is C16H16BrN. The van der Waals surface area contributed by atoms with E-state index in [1.165, 1.54) is 39.7 Å². The van der Waals surface area contributed by atoms with Gasteiger partial charge in [-0.15, -0.1) is 0 Å². The van der Waals surface area contributed by atoms with Gasteiger partial charge in [0.25, 0.3) is 0 Å². The highest BCUT2D eigenvalue weighted by atomic mass is 79.9. The Hall–Kier alpha value is -1.28. The first-order valence-corrected chi connectivity index (χ1v) is 7.21. The normalized spacial score (nSPS) is 13.8. The molecule has 0 saturated heterocycles. The van der Waals surface area contributed by atoms with Crippen molar-refractivity contribution >= 4 is 21.6 Å². The van der Waals surface area contributed by atoms with E-state index in [1.54, 1.807) is 0 Å². The van der Waals surface area contributed by atoms with Gasteiger partial charge < -0.3 is 5.32 Å². The zero-order valence-corrected chi connectivity index (χ0v) is 11.8. The zero-order valence-electron chi connectivity index (χ0n) is 10.2. The Kier molecular flexibility index (Phi) is 3.37. The standard InChI is InChI=1S/C16H16BrN/c17-15-11-13(9-12-5-2-1-3-6-12)10-14-7-4-8-18-16(14)15/h1-3,5-6,10-11,18H,4,7-9H2. The molecule has 92 valence electrons. The van der Waals surface area contributed by atoms with Gasteiger partial charge in [0.05, 0.1) is 5.69 Å². The Labute approximate surface area is 116 Å². The number of hydrogen-bond donors (Lipinski definition) is 1. The number of anilines is 1. The van der Waals surface area contributed by atoms with Crippen LogP contribution in [0.1, 0.15) is 23.1 Å². The van der Waals surface area contributed by atoms with Crippen LogP contribution in [0.5, 0.6) is 0 Å². The van der Waals surface area contributed by atoms with Gasteiger partial charge in [-0.1, -0.05) is 36.4 Å². The molecule has 0 atom stereocenters. The first kappa shape index (κ1) is 11.8. The maximum atomic E-state index is 3.68. The number of benzene rings is 2. The molecule has 0 saturated carbocycles. The lowest BCUT2D eigenvalue weighted by Gasteiger charge is -2.20. The maximum absolute atomic E-state index is 3.68. The molecule has 2 aromatic rings. The summed E-state index contributed by atoms with van der Waals surface area (Å²) in [5, 5.41) is 3.48. The fraction of sp³-hybridized carbons (Fsp3) is 0.250.